The van der Waals surface area contributed by atoms with Gasteiger partial charge in [-0.3, -0.25) is 4.79 Å². The fourth-order valence-corrected chi connectivity index (χ4v) is 4.38. The van der Waals surface area contributed by atoms with Crippen LogP contribution in [-0.2, 0) is 0 Å². The summed E-state index contributed by atoms with van der Waals surface area (Å²) in [5, 5.41) is 0. The highest BCUT2D eigenvalue weighted by Gasteiger charge is 2.26. The Kier molecular flexibility index (Phi) is 6.51. The van der Waals surface area contributed by atoms with Gasteiger partial charge in [-0.1, -0.05) is 37.3 Å². The maximum absolute atomic E-state index is 13.5. The number of rotatable bonds is 6. The molecule has 0 unspecified atom stereocenters. The number of benzene rings is 2. The Hall–Kier alpha value is -3.25. The molecule has 3 aromatic rings. The van der Waals surface area contributed by atoms with Gasteiger partial charge in [0.1, 0.15) is 0 Å². The summed E-state index contributed by atoms with van der Waals surface area (Å²) in [5.74, 6) is 1.42. The second-order valence-electron chi connectivity index (χ2n) is 8.00. The number of likely N-dealkylation sites (N-methyl/N-ethyl adjacent to an activating group) is 1. The Labute approximate surface area is 190 Å². The molecule has 1 aromatic heterocycles. The lowest BCUT2D eigenvalue weighted by molar-refractivity contribution is 0.0642. The molecule has 1 aliphatic rings. The van der Waals surface area contributed by atoms with E-state index in [1.54, 1.807) is 14.2 Å². The van der Waals surface area contributed by atoms with Gasteiger partial charge in [-0.05, 0) is 37.2 Å². The Morgan fingerprint density at radius 2 is 1.59 bits per heavy atom. The van der Waals surface area contributed by atoms with E-state index < -0.39 is 0 Å². The number of hydrogen-bond acceptors (Lipinski definition) is 4. The first kappa shape index (κ1) is 22.0. The van der Waals surface area contributed by atoms with Gasteiger partial charge < -0.3 is 23.8 Å². The molecule has 4 rings (SSSR count). The summed E-state index contributed by atoms with van der Waals surface area (Å²) < 4.78 is 13.1. The number of nitrogens with zero attached hydrogens (tertiary/aromatic N) is 3. The second-order valence-corrected chi connectivity index (χ2v) is 8.00. The molecule has 0 aliphatic carbocycles. The Morgan fingerprint density at radius 1 is 0.906 bits per heavy atom. The van der Waals surface area contributed by atoms with E-state index in [-0.39, 0.29) is 5.91 Å². The first-order chi connectivity index (χ1) is 15.6. The molecule has 6 heteroatoms. The Morgan fingerprint density at radius 3 is 2.22 bits per heavy atom. The minimum atomic E-state index is 0.0923. The first-order valence-corrected chi connectivity index (χ1v) is 11.1. The normalized spacial score (nSPS) is 14.4. The smallest absolute Gasteiger partial charge is 0.255 e. The highest BCUT2D eigenvalue weighted by molar-refractivity contribution is 5.97. The fraction of sp³-hybridized carbons (Fsp3) is 0.346. The van der Waals surface area contributed by atoms with Gasteiger partial charge in [0.2, 0.25) is 0 Å². The third-order valence-corrected chi connectivity index (χ3v) is 6.28. The van der Waals surface area contributed by atoms with Crippen LogP contribution in [0.3, 0.4) is 0 Å². The van der Waals surface area contributed by atoms with Crippen LogP contribution >= 0.6 is 0 Å². The molecular formula is C26H31N3O3. The molecule has 0 radical (unpaired) electrons. The molecule has 1 fully saturated rings. The van der Waals surface area contributed by atoms with E-state index in [0.29, 0.717) is 11.5 Å². The van der Waals surface area contributed by atoms with Crippen LogP contribution in [-0.4, -0.2) is 67.2 Å². The largest absolute Gasteiger partial charge is 0.493 e. The quantitative estimate of drug-likeness (QED) is 0.583. The van der Waals surface area contributed by atoms with Gasteiger partial charge in [0.05, 0.1) is 25.5 Å². The Balaban J connectivity index is 1.79. The lowest BCUT2D eigenvalue weighted by Crippen LogP contribution is -2.48. The predicted molar refractivity (Wildman–Crippen MR) is 127 cm³/mol. The standard InChI is InChI=1S/C26H31N3O3/c1-5-27-13-15-28(16-14-27)26(30)22-18-23(20-9-7-6-8-10-20)29(19(22)2)21-11-12-24(31-3)25(17-21)32-4/h6-12,17-18H,5,13-16H2,1-4H3. The zero-order valence-electron chi connectivity index (χ0n) is 19.3. The number of methoxy groups -OCH3 is 2. The number of ether oxygens (including phenoxy) is 2. The van der Waals surface area contributed by atoms with Gasteiger partial charge in [-0.2, -0.15) is 0 Å². The average Bonchev–Trinajstić information content (AvgIpc) is 3.20. The molecular weight excluding hydrogens is 402 g/mol. The van der Waals surface area contributed by atoms with Crippen molar-refractivity contribution in [2.24, 2.45) is 0 Å². The third-order valence-electron chi connectivity index (χ3n) is 6.28. The van der Waals surface area contributed by atoms with Gasteiger partial charge in [0.15, 0.2) is 11.5 Å². The fourth-order valence-electron chi connectivity index (χ4n) is 4.38. The molecule has 168 valence electrons. The topological polar surface area (TPSA) is 46.9 Å². The van der Waals surface area contributed by atoms with Crippen molar-refractivity contribution in [3.8, 4) is 28.4 Å². The SMILES string of the molecule is CCN1CCN(C(=O)c2cc(-c3ccccc3)n(-c3ccc(OC)c(OC)c3)c2C)CC1. The molecule has 0 saturated carbocycles. The van der Waals surface area contributed by atoms with Gasteiger partial charge >= 0.3 is 0 Å². The lowest BCUT2D eigenvalue weighted by atomic mass is 10.1. The van der Waals surface area contributed by atoms with Crippen molar-refractivity contribution < 1.29 is 14.3 Å². The van der Waals surface area contributed by atoms with Crippen LogP contribution in [0.5, 0.6) is 11.5 Å². The van der Waals surface area contributed by atoms with E-state index >= 15 is 0 Å². The van der Waals surface area contributed by atoms with E-state index in [4.69, 9.17) is 9.47 Å². The lowest BCUT2D eigenvalue weighted by Gasteiger charge is -2.34. The minimum Gasteiger partial charge on any atom is -0.493 e. The van der Waals surface area contributed by atoms with Crippen LogP contribution in [0, 0.1) is 6.92 Å². The van der Waals surface area contributed by atoms with E-state index in [1.807, 2.05) is 54.3 Å². The molecule has 1 amide bonds. The number of hydrogen-bond donors (Lipinski definition) is 0. The van der Waals surface area contributed by atoms with Crippen molar-refractivity contribution in [3.05, 3.63) is 65.9 Å². The highest BCUT2D eigenvalue weighted by Crippen LogP contribution is 2.34. The highest BCUT2D eigenvalue weighted by atomic mass is 16.5. The van der Waals surface area contributed by atoms with Gasteiger partial charge in [0.25, 0.3) is 5.91 Å². The summed E-state index contributed by atoms with van der Waals surface area (Å²) in [6.07, 6.45) is 0. The third kappa shape index (κ3) is 4.10. The van der Waals surface area contributed by atoms with Crippen LogP contribution in [0.2, 0.25) is 0 Å². The van der Waals surface area contributed by atoms with Crippen molar-refractivity contribution in [2.45, 2.75) is 13.8 Å². The molecule has 1 aliphatic heterocycles. The second kappa shape index (κ2) is 9.49. The van der Waals surface area contributed by atoms with Crippen molar-refractivity contribution in [1.82, 2.24) is 14.4 Å². The predicted octanol–water partition coefficient (Wildman–Crippen LogP) is 4.25. The molecule has 0 spiro atoms. The molecule has 32 heavy (non-hydrogen) atoms. The summed E-state index contributed by atoms with van der Waals surface area (Å²) in [4.78, 5) is 17.9. The average molecular weight is 434 g/mol. The van der Waals surface area contributed by atoms with Crippen molar-refractivity contribution >= 4 is 5.91 Å². The van der Waals surface area contributed by atoms with Crippen LogP contribution in [0.1, 0.15) is 23.0 Å². The van der Waals surface area contributed by atoms with E-state index in [1.165, 1.54) is 0 Å². The molecule has 0 atom stereocenters. The monoisotopic (exact) mass is 433 g/mol. The zero-order chi connectivity index (χ0) is 22.7. The van der Waals surface area contributed by atoms with Crippen LogP contribution in [0.15, 0.2) is 54.6 Å². The van der Waals surface area contributed by atoms with Crippen LogP contribution < -0.4 is 9.47 Å². The molecule has 0 bridgehead atoms. The zero-order valence-corrected chi connectivity index (χ0v) is 19.3. The van der Waals surface area contributed by atoms with E-state index in [9.17, 15) is 4.79 Å². The number of aromatic nitrogens is 1. The summed E-state index contributed by atoms with van der Waals surface area (Å²) in [7, 11) is 3.26. The minimum absolute atomic E-state index is 0.0923. The molecule has 1 saturated heterocycles. The molecule has 2 aromatic carbocycles. The maximum atomic E-state index is 13.5. The number of carbonyl (C=O) groups excluding carboxylic acids is 1. The number of piperazine rings is 1. The maximum Gasteiger partial charge on any atom is 0.255 e. The number of carbonyl (C=O) groups is 1. The summed E-state index contributed by atoms with van der Waals surface area (Å²) in [5.41, 5.74) is 4.61. The van der Waals surface area contributed by atoms with Gasteiger partial charge in [-0.25, -0.2) is 0 Å². The van der Waals surface area contributed by atoms with E-state index in [2.05, 4.69) is 28.5 Å². The van der Waals surface area contributed by atoms with E-state index in [0.717, 1.165) is 60.9 Å². The summed E-state index contributed by atoms with van der Waals surface area (Å²) >= 11 is 0. The molecule has 6 nitrogen and oxygen atoms in total. The van der Waals surface area contributed by atoms with Crippen molar-refractivity contribution in [2.75, 3.05) is 46.9 Å². The summed E-state index contributed by atoms with van der Waals surface area (Å²) in [6.45, 7) is 8.56. The summed E-state index contributed by atoms with van der Waals surface area (Å²) in [6, 6.07) is 18.0. The van der Waals surface area contributed by atoms with Crippen LogP contribution in [0.4, 0.5) is 0 Å². The van der Waals surface area contributed by atoms with Crippen LogP contribution in [0.25, 0.3) is 16.9 Å². The van der Waals surface area contributed by atoms with Gasteiger partial charge in [0, 0.05) is 43.6 Å². The van der Waals surface area contributed by atoms with Crippen molar-refractivity contribution in [3.63, 3.8) is 0 Å². The molecule has 0 N–H and O–H groups in total. The first-order valence-electron chi connectivity index (χ1n) is 11.1. The Bertz CT molecular complexity index is 1080. The van der Waals surface area contributed by atoms with Gasteiger partial charge in [-0.15, -0.1) is 0 Å². The van der Waals surface area contributed by atoms with Crippen molar-refractivity contribution in [1.29, 1.82) is 0 Å². The molecule has 2 heterocycles. The number of amides is 1.